The summed E-state index contributed by atoms with van der Waals surface area (Å²) in [4.78, 5) is 33.9. The molecule has 0 bridgehead atoms. The van der Waals surface area contributed by atoms with Gasteiger partial charge in [0, 0.05) is 24.9 Å². The number of hydrogen-bond acceptors (Lipinski definition) is 7. The maximum Gasteiger partial charge on any atom is 0.295 e. The Kier molecular flexibility index (Phi) is 5.49. The molecule has 3 aromatic heterocycles. The molecule has 0 aliphatic carbocycles. The zero-order chi connectivity index (χ0) is 18.4. The van der Waals surface area contributed by atoms with Crippen molar-refractivity contribution in [2.24, 2.45) is 7.05 Å². The lowest BCUT2D eigenvalue weighted by atomic mass is 10.2. The molecular weight excluding hydrogens is 336 g/mol. The number of hydrogen-bond donors (Lipinski definition) is 1. The van der Waals surface area contributed by atoms with Gasteiger partial charge in [0.15, 0.2) is 0 Å². The monoisotopic (exact) mass is 354 g/mol. The fourth-order valence-electron chi connectivity index (χ4n) is 2.13. The number of hydroxylamine groups is 1. The van der Waals surface area contributed by atoms with Crippen LogP contribution < -0.4 is 10.2 Å². The van der Waals surface area contributed by atoms with E-state index in [9.17, 15) is 4.79 Å². The minimum atomic E-state index is -0.486. The second-order valence-corrected chi connectivity index (χ2v) is 5.32. The number of nitrogens with zero attached hydrogens (tertiary/aromatic N) is 5. The normalized spacial score (nSPS) is 10.5. The highest BCUT2D eigenvalue weighted by molar-refractivity contribution is 5.91. The summed E-state index contributed by atoms with van der Waals surface area (Å²) < 4.78 is 7.11. The van der Waals surface area contributed by atoms with Gasteiger partial charge < -0.3 is 9.30 Å². The lowest BCUT2D eigenvalue weighted by Crippen LogP contribution is -2.25. The van der Waals surface area contributed by atoms with E-state index in [2.05, 4.69) is 25.4 Å². The SMILES string of the molecule is CCOc1ccc(-c2cncc(C(=O)NOCc3cncn3C)n2)cn1. The van der Waals surface area contributed by atoms with Crippen LogP contribution in [0.15, 0.2) is 43.2 Å². The van der Waals surface area contributed by atoms with Gasteiger partial charge in [-0.05, 0) is 13.0 Å². The molecular formula is C17H18N6O3. The first-order valence-corrected chi connectivity index (χ1v) is 7.96. The Morgan fingerprint density at radius 1 is 1.19 bits per heavy atom. The quantitative estimate of drug-likeness (QED) is 0.642. The van der Waals surface area contributed by atoms with Crippen molar-refractivity contribution in [2.75, 3.05) is 6.61 Å². The number of amides is 1. The van der Waals surface area contributed by atoms with Gasteiger partial charge in [-0.1, -0.05) is 0 Å². The van der Waals surface area contributed by atoms with Gasteiger partial charge >= 0.3 is 0 Å². The number of pyridine rings is 1. The molecule has 9 heteroatoms. The van der Waals surface area contributed by atoms with E-state index in [0.717, 1.165) is 11.3 Å². The average Bonchev–Trinajstić information content (AvgIpc) is 3.07. The van der Waals surface area contributed by atoms with Crippen LogP contribution in [-0.2, 0) is 18.5 Å². The van der Waals surface area contributed by atoms with Crippen molar-refractivity contribution in [2.45, 2.75) is 13.5 Å². The standard InChI is InChI=1S/C17H18N6O3/c1-3-25-16-5-4-12(6-20-16)14-8-18-9-15(21-14)17(24)22-26-10-13-7-19-11-23(13)2/h4-9,11H,3,10H2,1-2H3,(H,22,24). The van der Waals surface area contributed by atoms with E-state index < -0.39 is 5.91 Å². The van der Waals surface area contributed by atoms with Crippen molar-refractivity contribution in [3.8, 4) is 17.1 Å². The number of ether oxygens (including phenoxy) is 1. The molecule has 9 nitrogen and oxygen atoms in total. The topological polar surface area (TPSA) is 104 Å². The molecule has 0 saturated carbocycles. The van der Waals surface area contributed by atoms with E-state index in [4.69, 9.17) is 9.57 Å². The Bertz CT molecular complexity index is 878. The molecule has 1 N–H and O–H groups in total. The number of nitrogens with one attached hydrogen (secondary N) is 1. The second kappa shape index (κ2) is 8.17. The zero-order valence-electron chi connectivity index (χ0n) is 14.4. The predicted molar refractivity (Wildman–Crippen MR) is 91.9 cm³/mol. The van der Waals surface area contributed by atoms with Crippen molar-refractivity contribution in [3.63, 3.8) is 0 Å². The summed E-state index contributed by atoms with van der Waals surface area (Å²) in [5.41, 5.74) is 4.57. The number of carbonyl (C=O) groups excluding carboxylic acids is 1. The molecule has 0 aliphatic heterocycles. The Morgan fingerprint density at radius 2 is 2.08 bits per heavy atom. The summed E-state index contributed by atoms with van der Waals surface area (Å²) >= 11 is 0. The Morgan fingerprint density at radius 3 is 2.77 bits per heavy atom. The average molecular weight is 354 g/mol. The van der Waals surface area contributed by atoms with E-state index in [1.807, 2.05) is 20.0 Å². The minimum absolute atomic E-state index is 0.140. The summed E-state index contributed by atoms with van der Waals surface area (Å²) in [6, 6.07) is 3.55. The van der Waals surface area contributed by atoms with E-state index in [0.29, 0.717) is 18.2 Å². The van der Waals surface area contributed by atoms with Gasteiger partial charge in [0.1, 0.15) is 12.3 Å². The van der Waals surface area contributed by atoms with E-state index in [1.165, 1.54) is 6.20 Å². The van der Waals surface area contributed by atoms with E-state index in [1.54, 1.807) is 35.6 Å². The largest absolute Gasteiger partial charge is 0.478 e. The number of aromatic nitrogens is 5. The van der Waals surface area contributed by atoms with Gasteiger partial charge in [0.05, 0.1) is 42.9 Å². The lowest BCUT2D eigenvalue weighted by Gasteiger charge is -2.07. The molecule has 0 atom stereocenters. The van der Waals surface area contributed by atoms with Crippen LogP contribution in [0.5, 0.6) is 5.88 Å². The molecule has 1 amide bonds. The fraction of sp³-hybridized carbons (Fsp3) is 0.235. The Labute approximate surface area is 150 Å². The van der Waals surface area contributed by atoms with Crippen molar-refractivity contribution < 1.29 is 14.4 Å². The first-order valence-electron chi connectivity index (χ1n) is 7.96. The molecule has 0 spiro atoms. The molecule has 3 aromatic rings. The first kappa shape index (κ1) is 17.5. The smallest absolute Gasteiger partial charge is 0.295 e. The van der Waals surface area contributed by atoms with Crippen molar-refractivity contribution >= 4 is 5.91 Å². The number of imidazole rings is 1. The van der Waals surface area contributed by atoms with Crippen LogP contribution in [-0.4, -0.2) is 37.0 Å². The van der Waals surface area contributed by atoms with Crippen LogP contribution in [0, 0.1) is 0 Å². The van der Waals surface area contributed by atoms with Gasteiger partial charge in [-0.15, -0.1) is 0 Å². The van der Waals surface area contributed by atoms with Gasteiger partial charge in [-0.2, -0.15) is 0 Å². The fourth-order valence-corrected chi connectivity index (χ4v) is 2.13. The Balaban J connectivity index is 1.64. The zero-order valence-corrected chi connectivity index (χ0v) is 14.4. The van der Waals surface area contributed by atoms with Gasteiger partial charge in [0.25, 0.3) is 5.91 Å². The van der Waals surface area contributed by atoms with Crippen LogP contribution in [0.1, 0.15) is 23.1 Å². The summed E-state index contributed by atoms with van der Waals surface area (Å²) in [5.74, 6) is 0.0436. The van der Waals surface area contributed by atoms with Crippen molar-refractivity contribution in [1.29, 1.82) is 0 Å². The molecule has 0 unspecified atom stereocenters. The van der Waals surface area contributed by atoms with Crippen LogP contribution in [0.3, 0.4) is 0 Å². The van der Waals surface area contributed by atoms with Gasteiger partial charge in [0.2, 0.25) is 5.88 Å². The van der Waals surface area contributed by atoms with E-state index in [-0.39, 0.29) is 12.3 Å². The molecule has 0 fully saturated rings. The van der Waals surface area contributed by atoms with E-state index >= 15 is 0 Å². The first-order chi connectivity index (χ1) is 12.7. The molecule has 26 heavy (non-hydrogen) atoms. The third-order valence-electron chi connectivity index (χ3n) is 3.49. The summed E-state index contributed by atoms with van der Waals surface area (Å²) in [6.07, 6.45) is 7.86. The third-order valence-corrected chi connectivity index (χ3v) is 3.49. The highest BCUT2D eigenvalue weighted by Crippen LogP contribution is 2.17. The molecule has 0 aromatic carbocycles. The van der Waals surface area contributed by atoms with Crippen LogP contribution >= 0.6 is 0 Å². The summed E-state index contributed by atoms with van der Waals surface area (Å²) in [7, 11) is 1.84. The minimum Gasteiger partial charge on any atom is -0.478 e. The lowest BCUT2D eigenvalue weighted by molar-refractivity contribution is 0.0210. The van der Waals surface area contributed by atoms with Gasteiger partial charge in [-0.3, -0.25) is 14.6 Å². The number of rotatable bonds is 7. The molecule has 0 radical (unpaired) electrons. The third kappa shape index (κ3) is 4.19. The van der Waals surface area contributed by atoms with Crippen molar-refractivity contribution in [3.05, 3.63) is 54.6 Å². The molecule has 3 heterocycles. The van der Waals surface area contributed by atoms with Crippen LogP contribution in [0.25, 0.3) is 11.3 Å². The second-order valence-electron chi connectivity index (χ2n) is 5.32. The Hall–Kier alpha value is -3.33. The summed E-state index contributed by atoms with van der Waals surface area (Å²) in [6.45, 7) is 2.62. The number of carbonyl (C=O) groups is 1. The van der Waals surface area contributed by atoms with Crippen molar-refractivity contribution in [1.82, 2.24) is 30.0 Å². The molecule has 0 saturated heterocycles. The van der Waals surface area contributed by atoms with Crippen LogP contribution in [0.4, 0.5) is 0 Å². The van der Waals surface area contributed by atoms with Crippen LogP contribution in [0.2, 0.25) is 0 Å². The maximum absolute atomic E-state index is 12.2. The number of aryl methyl sites for hydroxylation is 1. The maximum atomic E-state index is 12.2. The highest BCUT2D eigenvalue weighted by atomic mass is 16.7. The predicted octanol–water partition coefficient (Wildman–Crippen LogP) is 1.53. The molecule has 0 aliphatic rings. The molecule has 3 rings (SSSR count). The highest BCUT2D eigenvalue weighted by Gasteiger charge is 2.11. The molecule has 134 valence electrons. The summed E-state index contributed by atoms with van der Waals surface area (Å²) in [5, 5.41) is 0. The van der Waals surface area contributed by atoms with Gasteiger partial charge in [-0.25, -0.2) is 20.4 Å².